The number of aryl methyl sites for hydroxylation is 1. The van der Waals surface area contributed by atoms with E-state index in [0.29, 0.717) is 0 Å². The largest absolute Gasteiger partial charge is 0.494 e. The standard InChI is InChI=1S/C25H37ClO2/c1-3-5-11-18-27-22-14-15-24-21(20-22)13-16-25(23(24)4-2)28-19-12-9-7-6-8-10-17-26/h13-16,20H,3-12,17-19H2,1-2H3. The van der Waals surface area contributed by atoms with Gasteiger partial charge in [-0.15, -0.1) is 11.6 Å². The molecule has 2 aromatic rings. The van der Waals surface area contributed by atoms with Crippen LogP contribution in [0.4, 0.5) is 0 Å². The number of unbranched alkanes of at least 4 members (excludes halogenated alkanes) is 7. The van der Waals surface area contributed by atoms with E-state index in [-0.39, 0.29) is 0 Å². The van der Waals surface area contributed by atoms with E-state index in [0.717, 1.165) is 56.3 Å². The van der Waals surface area contributed by atoms with Crippen LogP contribution in [0.3, 0.4) is 0 Å². The van der Waals surface area contributed by atoms with Crippen LogP contribution < -0.4 is 9.47 Å². The average Bonchev–Trinajstić information content (AvgIpc) is 2.72. The van der Waals surface area contributed by atoms with E-state index < -0.39 is 0 Å². The van der Waals surface area contributed by atoms with E-state index in [9.17, 15) is 0 Å². The zero-order valence-corrected chi connectivity index (χ0v) is 18.5. The summed E-state index contributed by atoms with van der Waals surface area (Å²) in [6.07, 6.45) is 11.8. The molecule has 28 heavy (non-hydrogen) atoms. The number of alkyl halides is 1. The molecule has 2 aromatic carbocycles. The molecule has 0 radical (unpaired) electrons. The maximum Gasteiger partial charge on any atom is 0.123 e. The second kappa shape index (κ2) is 13.7. The molecule has 0 N–H and O–H groups in total. The molecule has 3 heteroatoms. The summed E-state index contributed by atoms with van der Waals surface area (Å²) in [5.41, 5.74) is 1.30. The number of hydrogen-bond donors (Lipinski definition) is 0. The molecule has 0 aliphatic rings. The molecule has 0 amide bonds. The van der Waals surface area contributed by atoms with Crippen LogP contribution in [0.5, 0.6) is 11.5 Å². The van der Waals surface area contributed by atoms with Crippen molar-refractivity contribution in [2.45, 2.75) is 78.1 Å². The third-order valence-corrected chi connectivity index (χ3v) is 5.48. The number of fused-ring (bicyclic) bond motifs is 1. The minimum absolute atomic E-state index is 0.789. The van der Waals surface area contributed by atoms with Crippen molar-refractivity contribution in [3.8, 4) is 11.5 Å². The molecule has 0 aliphatic carbocycles. The molecule has 0 aliphatic heterocycles. The highest BCUT2D eigenvalue weighted by Crippen LogP contribution is 2.31. The van der Waals surface area contributed by atoms with Crippen LogP contribution in [-0.2, 0) is 6.42 Å². The zero-order valence-electron chi connectivity index (χ0n) is 17.8. The number of halogens is 1. The summed E-state index contributed by atoms with van der Waals surface area (Å²) in [5.74, 6) is 2.79. The molecule has 0 saturated heterocycles. The van der Waals surface area contributed by atoms with Crippen LogP contribution in [0.25, 0.3) is 10.8 Å². The monoisotopic (exact) mass is 404 g/mol. The Hall–Kier alpha value is -1.41. The minimum atomic E-state index is 0.789. The van der Waals surface area contributed by atoms with Gasteiger partial charge in [0.15, 0.2) is 0 Å². The molecule has 0 fully saturated rings. The first-order chi connectivity index (χ1) is 13.8. The third kappa shape index (κ3) is 7.54. The second-order valence-corrected chi connectivity index (χ2v) is 7.87. The number of hydrogen-bond acceptors (Lipinski definition) is 2. The van der Waals surface area contributed by atoms with Gasteiger partial charge in [-0.25, -0.2) is 0 Å². The lowest BCUT2D eigenvalue weighted by atomic mass is 10.0. The molecular weight excluding hydrogens is 368 g/mol. The van der Waals surface area contributed by atoms with Gasteiger partial charge in [-0.1, -0.05) is 64.5 Å². The summed E-state index contributed by atoms with van der Waals surface area (Å²) in [6, 6.07) is 10.7. The Morgan fingerprint density at radius 1 is 0.750 bits per heavy atom. The molecular formula is C25H37ClO2. The predicted molar refractivity (Wildman–Crippen MR) is 122 cm³/mol. The van der Waals surface area contributed by atoms with Crippen molar-refractivity contribution in [3.63, 3.8) is 0 Å². The van der Waals surface area contributed by atoms with Crippen LogP contribution in [0, 0.1) is 0 Å². The molecule has 0 spiro atoms. The van der Waals surface area contributed by atoms with Gasteiger partial charge in [0.25, 0.3) is 0 Å². The average molecular weight is 405 g/mol. The molecule has 156 valence electrons. The molecule has 2 nitrogen and oxygen atoms in total. The maximum absolute atomic E-state index is 6.13. The Kier molecular flexibility index (Phi) is 11.2. The van der Waals surface area contributed by atoms with E-state index >= 15 is 0 Å². The van der Waals surface area contributed by atoms with Crippen molar-refractivity contribution in [1.29, 1.82) is 0 Å². The summed E-state index contributed by atoms with van der Waals surface area (Å²) in [4.78, 5) is 0. The lowest BCUT2D eigenvalue weighted by molar-refractivity contribution is 0.302. The van der Waals surface area contributed by atoms with Gasteiger partial charge in [0, 0.05) is 11.4 Å². The van der Waals surface area contributed by atoms with E-state index in [1.807, 2.05) is 0 Å². The van der Waals surface area contributed by atoms with E-state index in [2.05, 4.69) is 44.2 Å². The molecule has 0 unspecified atom stereocenters. The van der Waals surface area contributed by atoms with Crippen molar-refractivity contribution in [1.82, 2.24) is 0 Å². The van der Waals surface area contributed by atoms with Crippen molar-refractivity contribution in [2.75, 3.05) is 19.1 Å². The van der Waals surface area contributed by atoms with Crippen molar-refractivity contribution in [2.24, 2.45) is 0 Å². The first-order valence-electron chi connectivity index (χ1n) is 11.2. The highest BCUT2D eigenvalue weighted by molar-refractivity contribution is 6.17. The Morgan fingerprint density at radius 2 is 1.46 bits per heavy atom. The molecule has 0 heterocycles. The lowest BCUT2D eigenvalue weighted by Crippen LogP contribution is -2.01. The normalized spacial score (nSPS) is 11.1. The molecule has 0 saturated carbocycles. The summed E-state index contributed by atoms with van der Waals surface area (Å²) < 4.78 is 12.0. The van der Waals surface area contributed by atoms with Gasteiger partial charge in [0.1, 0.15) is 11.5 Å². The molecule has 0 aromatic heterocycles. The maximum atomic E-state index is 6.13. The Labute approximate surface area is 176 Å². The topological polar surface area (TPSA) is 18.5 Å². The lowest BCUT2D eigenvalue weighted by Gasteiger charge is -2.14. The fourth-order valence-electron chi connectivity index (χ4n) is 3.57. The third-order valence-electron chi connectivity index (χ3n) is 5.22. The first-order valence-corrected chi connectivity index (χ1v) is 11.7. The van der Waals surface area contributed by atoms with E-state index in [1.165, 1.54) is 54.9 Å². The van der Waals surface area contributed by atoms with Gasteiger partial charge >= 0.3 is 0 Å². The first kappa shape index (κ1) is 22.9. The van der Waals surface area contributed by atoms with Crippen molar-refractivity contribution >= 4 is 22.4 Å². The number of ether oxygens (including phenoxy) is 2. The van der Waals surface area contributed by atoms with E-state index in [1.54, 1.807) is 0 Å². The van der Waals surface area contributed by atoms with Crippen LogP contribution in [-0.4, -0.2) is 19.1 Å². The smallest absolute Gasteiger partial charge is 0.123 e. The predicted octanol–water partition coefficient (Wildman–Crippen LogP) is 7.93. The summed E-state index contributed by atoms with van der Waals surface area (Å²) in [7, 11) is 0. The van der Waals surface area contributed by atoms with Gasteiger partial charge in [-0.3, -0.25) is 0 Å². The van der Waals surface area contributed by atoms with Crippen molar-refractivity contribution in [3.05, 3.63) is 35.9 Å². The van der Waals surface area contributed by atoms with E-state index in [4.69, 9.17) is 21.1 Å². The van der Waals surface area contributed by atoms with Gasteiger partial charge in [-0.2, -0.15) is 0 Å². The fraction of sp³-hybridized carbons (Fsp3) is 0.600. The fourth-order valence-corrected chi connectivity index (χ4v) is 3.76. The summed E-state index contributed by atoms with van der Waals surface area (Å²) >= 11 is 5.72. The molecule has 0 bridgehead atoms. The van der Waals surface area contributed by atoms with Crippen LogP contribution in [0.2, 0.25) is 0 Å². The Morgan fingerprint density at radius 3 is 2.21 bits per heavy atom. The van der Waals surface area contributed by atoms with Crippen LogP contribution >= 0.6 is 11.6 Å². The number of benzene rings is 2. The summed E-state index contributed by atoms with van der Waals surface area (Å²) in [5, 5.41) is 2.51. The van der Waals surface area contributed by atoms with Gasteiger partial charge in [0.2, 0.25) is 0 Å². The second-order valence-electron chi connectivity index (χ2n) is 7.49. The Balaban J connectivity index is 1.88. The zero-order chi connectivity index (χ0) is 20.0. The highest BCUT2D eigenvalue weighted by Gasteiger charge is 2.08. The van der Waals surface area contributed by atoms with Gasteiger partial charge in [0.05, 0.1) is 13.2 Å². The minimum Gasteiger partial charge on any atom is -0.494 e. The summed E-state index contributed by atoms with van der Waals surface area (Å²) in [6.45, 7) is 6.01. The van der Waals surface area contributed by atoms with Crippen LogP contribution in [0.1, 0.15) is 77.2 Å². The quantitative estimate of drug-likeness (QED) is 0.221. The Bertz CT molecular complexity index is 684. The van der Waals surface area contributed by atoms with Crippen LogP contribution in [0.15, 0.2) is 30.3 Å². The SMILES string of the molecule is CCCCCOc1ccc2c(CC)c(OCCCCCCCCCl)ccc2c1. The molecule has 0 atom stereocenters. The number of rotatable bonds is 15. The van der Waals surface area contributed by atoms with Gasteiger partial charge in [-0.05, 0) is 54.7 Å². The highest BCUT2D eigenvalue weighted by atomic mass is 35.5. The van der Waals surface area contributed by atoms with Crippen molar-refractivity contribution < 1.29 is 9.47 Å². The molecule has 2 rings (SSSR count). The van der Waals surface area contributed by atoms with Gasteiger partial charge < -0.3 is 9.47 Å².